The van der Waals surface area contributed by atoms with Crippen LogP contribution in [0.5, 0.6) is 0 Å². The van der Waals surface area contributed by atoms with Crippen LogP contribution in [0.2, 0.25) is 0 Å². The minimum Gasteiger partial charge on any atom is -0.362 e. The summed E-state index contributed by atoms with van der Waals surface area (Å²) in [6.07, 6.45) is 2.54. The maximum atomic E-state index is 12.3. The second-order valence-corrected chi connectivity index (χ2v) is 9.79. The van der Waals surface area contributed by atoms with E-state index in [1.54, 1.807) is 6.92 Å². The Morgan fingerprint density at radius 2 is 1.97 bits per heavy atom. The minimum atomic E-state index is -0.535. The van der Waals surface area contributed by atoms with Crippen LogP contribution in [0.15, 0.2) is 48.8 Å². The number of ether oxygens (including phenoxy) is 1. The van der Waals surface area contributed by atoms with Gasteiger partial charge >= 0.3 is 0 Å². The normalized spacial score (nSPS) is 26.9. The topological polar surface area (TPSA) is 102 Å². The lowest BCUT2D eigenvalue weighted by Crippen LogP contribution is -2.31. The number of benzene rings is 1. The molecule has 4 aliphatic rings. The van der Waals surface area contributed by atoms with Gasteiger partial charge in [-0.25, -0.2) is 25.3 Å². The maximum absolute atomic E-state index is 12.3. The van der Waals surface area contributed by atoms with E-state index < -0.39 is 12.2 Å². The van der Waals surface area contributed by atoms with Crippen molar-refractivity contribution in [3.8, 4) is 0 Å². The number of amides is 1. The van der Waals surface area contributed by atoms with E-state index in [0.717, 1.165) is 23.3 Å². The van der Waals surface area contributed by atoms with Crippen LogP contribution in [0, 0.1) is 17.8 Å². The van der Waals surface area contributed by atoms with Crippen molar-refractivity contribution in [1.29, 1.82) is 0 Å². The van der Waals surface area contributed by atoms with E-state index in [4.69, 9.17) is 14.6 Å². The predicted molar refractivity (Wildman–Crippen MR) is 127 cm³/mol. The zero-order valence-corrected chi connectivity index (χ0v) is 19.4. The van der Waals surface area contributed by atoms with Crippen molar-refractivity contribution in [2.45, 2.75) is 38.6 Å². The number of aromatic nitrogens is 3. The molecule has 5 atom stereocenters. The molecule has 0 spiro atoms. The molecule has 2 aromatic heterocycles. The summed E-state index contributed by atoms with van der Waals surface area (Å²) < 4.78 is 5.48. The van der Waals surface area contributed by atoms with Crippen LogP contribution in [-0.2, 0) is 9.57 Å². The van der Waals surface area contributed by atoms with E-state index in [-0.39, 0.29) is 5.54 Å². The van der Waals surface area contributed by atoms with Gasteiger partial charge in [0.15, 0.2) is 6.29 Å². The molecule has 3 aromatic rings. The molecule has 4 heterocycles. The van der Waals surface area contributed by atoms with Crippen LogP contribution in [0.25, 0.3) is 10.9 Å². The Bertz CT molecular complexity index is 1230. The molecule has 2 aliphatic carbocycles. The number of nitrogens with zero attached hydrogens (tertiary/aromatic N) is 4. The molecule has 34 heavy (non-hydrogen) atoms. The van der Waals surface area contributed by atoms with Crippen molar-refractivity contribution in [3.63, 3.8) is 0 Å². The molecule has 176 valence electrons. The number of fused-ring (bicyclic) bond motifs is 2. The Labute approximate surface area is 197 Å². The van der Waals surface area contributed by atoms with Crippen LogP contribution < -0.4 is 15.7 Å². The number of hydrogen-bond acceptors (Lipinski definition) is 8. The third-order valence-corrected chi connectivity index (χ3v) is 7.02. The van der Waals surface area contributed by atoms with Crippen molar-refractivity contribution >= 4 is 28.6 Å². The Kier molecular flexibility index (Phi) is 4.93. The molecule has 2 saturated heterocycles. The summed E-state index contributed by atoms with van der Waals surface area (Å²) >= 11 is 0. The molecular formula is C25H28N6O3. The summed E-state index contributed by atoms with van der Waals surface area (Å²) in [6, 6.07) is 12.7. The first-order valence-electron chi connectivity index (χ1n) is 11.8. The first-order valence-corrected chi connectivity index (χ1v) is 11.8. The number of hydrogen-bond donors (Lipinski definition) is 2. The molecule has 5 unspecified atom stereocenters. The molecule has 2 N–H and O–H groups in total. The molecular weight excluding hydrogens is 432 g/mol. The number of carbonyl (C=O) groups is 1. The van der Waals surface area contributed by atoms with E-state index >= 15 is 0 Å². The van der Waals surface area contributed by atoms with Gasteiger partial charge in [0.1, 0.15) is 5.82 Å². The summed E-state index contributed by atoms with van der Waals surface area (Å²) in [4.78, 5) is 33.5. The van der Waals surface area contributed by atoms with Crippen LogP contribution in [-0.4, -0.2) is 51.9 Å². The minimum absolute atomic E-state index is 0.0782. The van der Waals surface area contributed by atoms with Crippen molar-refractivity contribution in [2.75, 3.05) is 23.4 Å². The smallest absolute Gasteiger partial charge is 0.278 e. The zero-order valence-electron chi connectivity index (χ0n) is 19.4. The summed E-state index contributed by atoms with van der Waals surface area (Å²) in [5.41, 5.74) is 3.82. The molecule has 9 nitrogen and oxygen atoms in total. The van der Waals surface area contributed by atoms with Gasteiger partial charge in [-0.15, -0.1) is 0 Å². The fourth-order valence-electron chi connectivity index (χ4n) is 5.25. The molecule has 2 saturated carbocycles. The lowest BCUT2D eigenvalue weighted by Gasteiger charge is -2.18. The molecule has 1 amide bonds. The molecule has 2 aliphatic heterocycles. The van der Waals surface area contributed by atoms with Gasteiger partial charge in [-0.2, -0.15) is 0 Å². The van der Waals surface area contributed by atoms with Gasteiger partial charge < -0.3 is 15.0 Å². The van der Waals surface area contributed by atoms with Crippen molar-refractivity contribution < 1.29 is 14.4 Å². The van der Waals surface area contributed by atoms with Gasteiger partial charge in [-0.1, -0.05) is 32.0 Å². The van der Waals surface area contributed by atoms with E-state index in [1.807, 2.05) is 32.0 Å². The largest absolute Gasteiger partial charge is 0.362 e. The zero-order chi connectivity index (χ0) is 23.4. The van der Waals surface area contributed by atoms with Gasteiger partial charge in [0.05, 0.1) is 29.3 Å². The van der Waals surface area contributed by atoms with E-state index in [1.165, 1.54) is 12.4 Å². The highest BCUT2D eigenvalue weighted by atomic mass is 16.8. The SMILES string of the molecule is CC(C)COC(C)ONC(=O)c1cnc(N2CC3C4C2C34Nc2ccc3ccccc3n2)nc1. The first-order chi connectivity index (χ1) is 16.5. The molecule has 2 bridgehead atoms. The van der Waals surface area contributed by atoms with Gasteiger partial charge in [-0.3, -0.25) is 4.79 Å². The average Bonchev–Trinajstić information content (AvgIpc) is 3.52. The first kappa shape index (κ1) is 21.2. The maximum Gasteiger partial charge on any atom is 0.278 e. The number of carbonyl (C=O) groups excluding carboxylic acids is 1. The second-order valence-electron chi connectivity index (χ2n) is 9.79. The molecule has 7 rings (SSSR count). The Hall–Kier alpha value is -3.30. The quantitative estimate of drug-likeness (QED) is 0.371. The van der Waals surface area contributed by atoms with E-state index in [9.17, 15) is 4.79 Å². The second kappa shape index (κ2) is 7.89. The number of nitrogens with one attached hydrogen (secondary N) is 2. The van der Waals surface area contributed by atoms with E-state index in [2.05, 4.69) is 43.9 Å². The molecule has 4 fully saturated rings. The Morgan fingerprint density at radius 1 is 1.18 bits per heavy atom. The third-order valence-electron chi connectivity index (χ3n) is 7.02. The Balaban J connectivity index is 1.06. The van der Waals surface area contributed by atoms with Crippen LogP contribution in [0.3, 0.4) is 0 Å². The summed E-state index contributed by atoms with van der Waals surface area (Å²) in [5.74, 6) is 2.74. The Morgan fingerprint density at radius 3 is 2.74 bits per heavy atom. The van der Waals surface area contributed by atoms with Crippen LogP contribution in [0.1, 0.15) is 31.1 Å². The van der Waals surface area contributed by atoms with Gasteiger partial charge in [0.25, 0.3) is 5.91 Å². The lowest BCUT2D eigenvalue weighted by atomic mass is 10.2. The lowest BCUT2D eigenvalue weighted by molar-refractivity contribution is -0.163. The molecule has 9 heteroatoms. The van der Waals surface area contributed by atoms with Gasteiger partial charge in [0.2, 0.25) is 5.95 Å². The summed E-state index contributed by atoms with van der Waals surface area (Å²) in [7, 11) is 0. The number of rotatable bonds is 9. The number of anilines is 2. The molecule has 0 radical (unpaired) electrons. The van der Waals surface area contributed by atoms with Crippen molar-refractivity contribution in [3.05, 3.63) is 54.4 Å². The van der Waals surface area contributed by atoms with Crippen molar-refractivity contribution in [2.24, 2.45) is 17.8 Å². The number of para-hydroxylation sites is 1. The number of piperidine rings is 1. The third kappa shape index (κ3) is 3.47. The van der Waals surface area contributed by atoms with Crippen LogP contribution in [0.4, 0.5) is 11.8 Å². The predicted octanol–water partition coefficient (Wildman–Crippen LogP) is 3.00. The number of hydroxylamine groups is 1. The summed E-state index contributed by atoms with van der Waals surface area (Å²) in [5, 5.41) is 4.83. The van der Waals surface area contributed by atoms with Gasteiger partial charge in [0, 0.05) is 36.2 Å². The standard InChI is InChI=1S/C25H28N6O3/c1-14(2)13-33-15(3)34-30-23(32)17-10-26-24(27-11-17)31-12-18-21-22(31)25(18,21)29-20-9-8-16-6-4-5-7-19(16)28-20/h4-11,14-15,18,21-22H,12-13H2,1-3H3,(H,28,29)(H,30,32). The van der Waals surface area contributed by atoms with E-state index in [0.29, 0.717) is 41.9 Å². The fourth-order valence-corrected chi connectivity index (χ4v) is 5.25. The highest BCUT2D eigenvalue weighted by Crippen LogP contribution is 2.79. The highest BCUT2D eigenvalue weighted by Gasteiger charge is 2.93. The fraction of sp³-hybridized carbons (Fsp3) is 0.440. The highest BCUT2D eigenvalue weighted by molar-refractivity contribution is 5.92. The van der Waals surface area contributed by atoms with Gasteiger partial charge in [-0.05, 0) is 31.0 Å². The monoisotopic (exact) mass is 460 g/mol. The number of pyridine rings is 1. The average molecular weight is 461 g/mol. The van der Waals surface area contributed by atoms with Crippen molar-refractivity contribution in [1.82, 2.24) is 20.4 Å². The summed E-state index contributed by atoms with van der Waals surface area (Å²) in [6.45, 7) is 7.31. The molecule has 1 aromatic carbocycles. The van der Waals surface area contributed by atoms with Crippen LogP contribution >= 0.6 is 0 Å².